The van der Waals surface area contributed by atoms with Gasteiger partial charge in [0.25, 0.3) is 6.02 Å². The molecule has 72 heavy (non-hydrogen) atoms. The highest BCUT2D eigenvalue weighted by atomic mass is 19.1. The van der Waals surface area contributed by atoms with Gasteiger partial charge in [-0.15, -0.1) is 0 Å². The number of anilines is 1. The summed E-state index contributed by atoms with van der Waals surface area (Å²) in [6.07, 6.45) is 9.66. The minimum absolute atomic E-state index is 0.00579. The summed E-state index contributed by atoms with van der Waals surface area (Å²) in [6, 6.07) is 16.9. The summed E-state index contributed by atoms with van der Waals surface area (Å²) in [7, 11) is 2.76. The number of carbonyl (C=O) groups is 3. The fraction of sp³-hybridized carbons (Fsp3) is 0.571. The number of hydrogen-bond acceptors (Lipinski definition) is 9. The quantitative estimate of drug-likeness (QED) is 0.0620. The summed E-state index contributed by atoms with van der Waals surface area (Å²) in [6.45, 7) is 19.6. The minimum Gasteiger partial charge on any atom is -0.469 e. The number of aliphatic imine (C=N–C) groups is 1. The second-order valence-electron chi connectivity index (χ2n) is 21.3. The molecule has 2 aromatic heterocycles. The number of carbonyl (C=O) groups excluding carboxylic acids is 3. The molecule has 390 valence electrons. The normalized spacial score (nSPS) is 20.3. The molecule has 3 saturated heterocycles. The largest absolute Gasteiger partial charge is 0.469 e. The molecule has 3 aromatic carbocycles. The summed E-state index contributed by atoms with van der Waals surface area (Å²) in [5.74, 6) is 1.79. The predicted molar refractivity (Wildman–Crippen MR) is 283 cm³/mol. The molecule has 16 heteroatoms. The number of nitrogens with two attached hydrogens (primary N) is 1. The zero-order valence-corrected chi connectivity index (χ0v) is 44.3. The lowest BCUT2D eigenvalue weighted by Gasteiger charge is -2.36. The third kappa shape index (κ3) is 12.2. The van der Waals surface area contributed by atoms with Gasteiger partial charge in [0.05, 0.1) is 53.6 Å². The molecule has 0 radical (unpaired) electrons. The predicted octanol–water partition coefficient (Wildman–Crippen LogP) is 10.5. The van der Waals surface area contributed by atoms with Crippen LogP contribution in [0.1, 0.15) is 159 Å². The number of aryl methyl sites for hydroxylation is 1. The molecular weight excluding hydrogens is 912 g/mol. The Morgan fingerprint density at radius 1 is 0.792 bits per heavy atom. The molecule has 6 atom stereocenters. The van der Waals surface area contributed by atoms with E-state index in [9.17, 15) is 18.8 Å². The smallest absolute Gasteiger partial charge is 0.407 e. The highest BCUT2D eigenvalue weighted by Crippen LogP contribution is 2.40. The van der Waals surface area contributed by atoms with E-state index in [2.05, 4.69) is 82.3 Å². The van der Waals surface area contributed by atoms with Gasteiger partial charge in [0.1, 0.15) is 29.5 Å². The summed E-state index contributed by atoms with van der Waals surface area (Å²) in [5.41, 5.74) is 13.2. The van der Waals surface area contributed by atoms with Gasteiger partial charge < -0.3 is 45.2 Å². The van der Waals surface area contributed by atoms with Crippen LogP contribution in [0.4, 0.5) is 14.9 Å². The number of fused-ring (bicyclic) bond motifs is 2. The lowest BCUT2D eigenvalue weighted by molar-refractivity contribution is -0.138. The molecule has 5 N–H and O–H groups in total. The van der Waals surface area contributed by atoms with E-state index in [1.807, 2.05) is 56.6 Å². The second kappa shape index (κ2) is 23.6. The van der Waals surface area contributed by atoms with E-state index in [4.69, 9.17) is 25.2 Å². The van der Waals surface area contributed by atoms with Crippen molar-refractivity contribution in [2.75, 3.05) is 45.3 Å². The Hall–Kier alpha value is -6.19. The van der Waals surface area contributed by atoms with E-state index in [1.165, 1.54) is 51.0 Å². The highest BCUT2D eigenvalue weighted by molar-refractivity contribution is 5.87. The summed E-state index contributed by atoms with van der Waals surface area (Å²) >= 11 is 0. The first-order valence-electron chi connectivity index (χ1n) is 26.3. The van der Waals surface area contributed by atoms with Crippen molar-refractivity contribution >= 4 is 51.7 Å². The van der Waals surface area contributed by atoms with Crippen molar-refractivity contribution in [3.05, 3.63) is 88.8 Å². The maximum absolute atomic E-state index is 13.9. The highest BCUT2D eigenvalue weighted by Gasteiger charge is 2.46. The van der Waals surface area contributed by atoms with Gasteiger partial charge >= 0.3 is 6.09 Å². The van der Waals surface area contributed by atoms with Crippen molar-refractivity contribution in [1.29, 1.82) is 0 Å². The molecule has 5 aromatic rings. The van der Waals surface area contributed by atoms with E-state index in [-0.39, 0.29) is 41.5 Å². The van der Waals surface area contributed by atoms with Crippen molar-refractivity contribution in [3.63, 3.8) is 0 Å². The monoisotopic (exact) mass is 991 g/mol. The number of hydrogen-bond donors (Lipinski definition) is 4. The molecule has 3 aliphatic heterocycles. The Morgan fingerprint density at radius 3 is 2.03 bits per heavy atom. The number of alkyl carbamates (subject to hydrolysis) is 1. The van der Waals surface area contributed by atoms with E-state index < -0.39 is 23.7 Å². The first-order chi connectivity index (χ1) is 34.4. The number of H-pyrrole nitrogens is 2. The van der Waals surface area contributed by atoms with Crippen LogP contribution < -0.4 is 16.0 Å². The van der Waals surface area contributed by atoms with Gasteiger partial charge in [-0.2, -0.15) is 0 Å². The molecule has 8 rings (SSSR count). The topological polar surface area (TPSA) is 187 Å². The van der Waals surface area contributed by atoms with Crippen LogP contribution in [-0.4, -0.2) is 106 Å². The molecule has 0 bridgehead atoms. The number of amides is 3. The van der Waals surface area contributed by atoms with Gasteiger partial charge in [0.15, 0.2) is 0 Å². The fourth-order valence-corrected chi connectivity index (χ4v) is 10.7. The number of methoxy groups -OCH3 is 2. The van der Waals surface area contributed by atoms with Crippen LogP contribution in [0, 0.1) is 24.6 Å². The summed E-state index contributed by atoms with van der Waals surface area (Å²) in [4.78, 5) is 66.9. The van der Waals surface area contributed by atoms with Crippen LogP contribution in [0.15, 0.2) is 59.6 Å². The van der Waals surface area contributed by atoms with Crippen molar-refractivity contribution in [1.82, 2.24) is 35.1 Å². The molecule has 15 nitrogen and oxygen atoms in total. The summed E-state index contributed by atoms with van der Waals surface area (Å²) < 4.78 is 23.6. The Bertz CT molecular complexity index is 2690. The Labute approximate surface area is 425 Å². The van der Waals surface area contributed by atoms with Gasteiger partial charge in [-0.1, -0.05) is 72.6 Å². The molecule has 0 saturated carbocycles. The molecule has 0 aliphatic carbocycles. The van der Waals surface area contributed by atoms with Crippen molar-refractivity contribution in [2.24, 2.45) is 22.6 Å². The number of aromatic nitrogens is 4. The average Bonchev–Trinajstić information content (AvgIpc) is 4.17. The third-order valence-electron chi connectivity index (χ3n) is 15.3. The third-order valence-corrected chi connectivity index (χ3v) is 15.3. The van der Waals surface area contributed by atoms with Crippen LogP contribution in [0.3, 0.4) is 0 Å². The SMILES string of the molecule is COC(=O)N[C@H](C(=O)N1CCC[C@H]1c1nc2ccc([C@H](C)CC[C@@H](C)c3ccc4nc([C@]5(C)CCCN5C(=O)C(N=C(N)OC)C(C)C)[nH]c4c3)cc2[nH]1)C(C)C.Cc1ccc(N2CCCCCC2)c(F)c1. The standard InChI is InChI=1S/C43H61N9O5.C13H18FN/c1-24(2)35(50-42(55)57-9)38(53)51-20-10-12-34(51)37-45-30-17-15-28(22-32(30)46-37)26(5)13-14-27(6)29-16-18-31-33(23-29)48-40(47-31)43(7)19-11-21-52(43)39(54)36(25(3)4)49-41(44)56-8;1-11-6-7-13(12(14)10-11)15-8-4-2-3-5-9-15/h15-18,22-27,34-36H,10-14,19-21H2,1-9H3,(H2,44,49)(H,45,46)(H,47,48)(H,50,55);6-7,10H,2-5,8-9H2,1H3/t26-,27-,34+,35+,36?,43+;/m1./s1. The maximum atomic E-state index is 13.9. The minimum atomic E-state index is -0.675. The Morgan fingerprint density at radius 2 is 1.43 bits per heavy atom. The van der Waals surface area contributed by atoms with Crippen LogP contribution in [0.25, 0.3) is 22.1 Å². The Kier molecular flexibility index (Phi) is 17.5. The number of benzene rings is 3. The molecule has 3 fully saturated rings. The van der Waals surface area contributed by atoms with Crippen molar-refractivity contribution < 1.29 is 28.2 Å². The van der Waals surface area contributed by atoms with E-state index >= 15 is 0 Å². The van der Waals surface area contributed by atoms with Gasteiger partial charge in [-0.05, 0) is 142 Å². The summed E-state index contributed by atoms with van der Waals surface area (Å²) in [5, 5.41) is 2.72. The van der Waals surface area contributed by atoms with Crippen LogP contribution >= 0.6 is 0 Å². The lowest BCUT2D eigenvalue weighted by Crippen LogP contribution is -2.51. The molecule has 3 aliphatic rings. The number of rotatable bonds is 14. The number of ether oxygens (including phenoxy) is 2. The van der Waals surface area contributed by atoms with Gasteiger partial charge in [0.2, 0.25) is 11.8 Å². The number of likely N-dealkylation sites (tertiary alicyclic amines) is 2. The number of imidazole rings is 2. The number of amidine groups is 1. The van der Waals surface area contributed by atoms with Crippen LogP contribution in [0.2, 0.25) is 0 Å². The van der Waals surface area contributed by atoms with Crippen LogP contribution in [0.5, 0.6) is 0 Å². The fourth-order valence-electron chi connectivity index (χ4n) is 10.7. The first-order valence-corrected chi connectivity index (χ1v) is 26.3. The van der Waals surface area contributed by atoms with E-state index in [0.717, 1.165) is 96.6 Å². The molecule has 5 heterocycles. The number of aromatic amines is 2. The molecule has 1 unspecified atom stereocenters. The molecular formula is C56H79FN10O5. The maximum Gasteiger partial charge on any atom is 0.407 e. The molecule has 3 amide bonds. The lowest BCUT2D eigenvalue weighted by atomic mass is 9.89. The van der Waals surface area contributed by atoms with Gasteiger partial charge in [-0.3, -0.25) is 9.59 Å². The molecule has 0 spiro atoms. The van der Waals surface area contributed by atoms with Crippen LogP contribution in [-0.2, 0) is 24.6 Å². The zero-order valence-electron chi connectivity index (χ0n) is 44.3. The van der Waals surface area contributed by atoms with E-state index in [0.29, 0.717) is 24.9 Å². The second-order valence-corrected chi connectivity index (χ2v) is 21.3. The van der Waals surface area contributed by atoms with Gasteiger partial charge in [0, 0.05) is 26.2 Å². The first kappa shape index (κ1) is 53.6. The number of nitrogens with one attached hydrogen (secondary N) is 3. The van der Waals surface area contributed by atoms with Crippen molar-refractivity contribution in [3.8, 4) is 0 Å². The van der Waals surface area contributed by atoms with Crippen molar-refractivity contribution in [2.45, 2.75) is 155 Å². The number of nitrogens with zero attached hydrogens (tertiary/aromatic N) is 6. The Balaban J connectivity index is 0.000000430. The zero-order chi connectivity index (χ0) is 51.9. The average molecular weight is 991 g/mol. The van der Waals surface area contributed by atoms with Gasteiger partial charge in [-0.25, -0.2) is 24.1 Å². The van der Waals surface area contributed by atoms with E-state index in [1.54, 1.807) is 6.07 Å². The number of halogens is 1.